The van der Waals surface area contributed by atoms with E-state index in [9.17, 15) is 4.79 Å². The van der Waals surface area contributed by atoms with Gasteiger partial charge in [-0.2, -0.15) is 5.26 Å². The summed E-state index contributed by atoms with van der Waals surface area (Å²) in [5.74, 6) is 0.178. The molecular formula is C18H20N6O. The van der Waals surface area contributed by atoms with Crippen LogP contribution in [-0.2, 0) is 4.79 Å². The van der Waals surface area contributed by atoms with E-state index < -0.39 is 0 Å². The number of nitrogens with zero attached hydrogens (tertiary/aromatic N) is 5. The summed E-state index contributed by atoms with van der Waals surface area (Å²) in [5.41, 5.74) is 2.10. The lowest BCUT2D eigenvalue weighted by Gasteiger charge is -2.31. The largest absolute Gasteiger partial charge is 0.378 e. The van der Waals surface area contributed by atoms with Gasteiger partial charge >= 0.3 is 0 Å². The molecule has 7 heteroatoms. The Bertz CT molecular complexity index is 874. The summed E-state index contributed by atoms with van der Waals surface area (Å²) in [4.78, 5) is 27.0. The second-order valence-corrected chi connectivity index (χ2v) is 6.32. The summed E-state index contributed by atoms with van der Waals surface area (Å²) in [5, 5.41) is 9.69. The van der Waals surface area contributed by atoms with Gasteiger partial charge in [0.25, 0.3) is 0 Å². The fourth-order valence-corrected chi connectivity index (χ4v) is 3.68. The first kappa shape index (κ1) is 16.8. The number of pyridine rings is 1. The molecule has 0 spiro atoms. The molecule has 25 heavy (non-hydrogen) atoms. The topological polar surface area (TPSA) is 80.4 Å². The van der Waals surface area contributed by atoms with Gasteiger partial charge < -0.3 is 14.8 Å². The molecule has 1 unspecified atom stereocenters. The molecule has 0 aliphatic carbocycles. The molecule has 3 rings (SSSR count). The first-order chi connectivity index (χ1) is 12.1. The van der Waals surface area contributed by atoms with Gasteiger partial charge in [0.15, 0.2) is 0 Å². The standard InChI is InChI=1S/C18H20N6O/c1-4-12-10-24(16(25)5-7-19)11-15(12)23(3)17-13-6-8-21-18(13)22-9-14(17)20-2/h6,8-9,12,15H,4-5,10-11H2,1,3H3,(H,21,22)/t12-,15?/m1/s1. The van der Waals surface area contributed by atoms with Crippen molar-refractivity contribution in [2.45, 2.75) is 25.8 Å². The zero-order valence-electron chi connectivity index (χ0n) is 14.4. The normalized spacial score (nSPS) is 19.6. The van der Waals surface area contributed by atoms with Crippen LogP contribution in [0, 0.1) is 23.8 Å². The number of aromatic amines is 1. The average molecular weight is 336 g/mol. The number of hydrogen-bond donors (Lipinski definition) is 1. The van der Waals surface area contributed by atoms with Gasteiger partial charge in [-0.1, -0.05) is 6.92 Å². The first-order valence-corrected chi connectivity index (χ1v) is 8.31. The van der Waals surface area contributed by atoms with Gasteiger partial charge in [0.1, 0.15) is 12.1 Å². The molecule has 1 fully saturated rings. The molecule has 3 heterocycles. The molecular weight excluding hydrogens is 316 g/mol. The van der Waals surface area contributed by atoms with Crippen LogP contribution in [0.2, 0.25) is 0 Å². The van der Waals surface area contributed by atoms with E-state index in [1.165, 1.54) is 0 Å². The Labute approximate surface area is 146 Å². The number of aromatic nitrogens is 2. The van der Waals surface area contributed by atoms with E-state index in [2.05, 4.69) is 26.6 Å². The molecule has 1 N–H and O–H groups in total. The number of likely N-dealkylation sites (tertiary alicyclic amines) is 1. The van der Waals surface area contributed by atoms with Crippen LogP contribution < -0.4 is 4.90 Å². The number of H-pyrrole nitrogens is 1. The molecule has 1 amide bonds. The molecule has 2 aromatic heterocycles. The Morgan fingerprint density at radius 1 is 1.60 bits per heavy atom. The molecule has 7 nitrogen and oxygen atoms in total. The first-order valence-electron chi connectivity index (χ1n) is 8.31. The van der Waals surface area contributed by atoms with Crippen LogP contribution in [0.1, 0.15) is 19.8 Å². The number of nitrogens with one attached hydrogen (secondary N) is 1. The van der Waals surface area contributed by atoms with Gasteiger partial charge in [-0.25, -0.2) is 4.85 Å². The van der Waals surface area contributed by atoms with Crippen molar-refractivity contribution in [2.24, 2.45) is 5.92 Å². The summed E-state index contributed by atoms with van der Waals surface area (Å²) in [6.07, 6.45) is 4.25. The van der Waals surface area contributed by atoms with Crippen molar-refractivity contribution in [3.63, 3.8) is 0 Å². The predicted octanol–water partition coefficient (Wildman–Crippen LogP) is 2.70. The van der Waals surface area contributed by atoms with Gasteiger partial charge in [0, 0.05) is 44.0 Å². The maximum atomic E-state index is 12.1. The van der Waals surface area contributed by atoms with Crippen molar-refractivity contribution in [1.29, 1.82) is 5.26 Å². The number of amides is 1. The summed E-state index contributed by atoms with van der Waals surface area (Å²) in [7, 11) is 1.97. The van der Waals surface area contributed by atoms with E-state index in [1.807, 2.05) is 25.4 Å². The summed E-state index contributed by atoms with van der Waals surface area (Å²) in [6.45, 7) is 10.8. The maximum Gasteiger partial charge on any atom is 0.236 e. The van der Waals surface area contributed by atoms with E-state index in [-0.39, 0.29) is 18.4 Å². The minimum atomic E-state index is -0.122. The van der Waals surface area contributed by atoms with Crippen LogP contribution in [0.25, 0.3) is 15.9 Å². The Hall–Kier alpha value is -3.06. The molecule has 1 aliphatic heterocycles. The van der Waals surface area contributed by atoms with Gasteiger partial charge in [0.2, 0.25) is 11.6 Å². The smallest absolute Gasteiger partial charge is 0.236 e. The highest BCUT2D eigenvalue weighted by Gasteiger charge is 2.37. The molecule has 1 saturated heterocycles. The average Bonchev–Trinajstić information content (AvgIpc) is 3.26. The number of nitriles is 1. The van der Waals surface area contributed by atoms with Crippen LogP contribution >= 0.6 is 0 Å². The van der Waals surface area contributed by atoms with E-state index in [4.69, 9.17) is 11.8 Å². The van der Waals surface area contributed by atoms with Crippen LogP contribution in [0.5, 0.6) is 0 Å². The number of rotatable bonds is 4. The van der Waals surface area contributed by atoms with Gasteiger partial charge in [-0.05, 0) is 18.4 Å². The van der Waals surface area contributed by atoms with Crippen LogP contribution in [-0.4, -0.2) is 47.0 Å². The molecule has 2 atom stereocenters. The Morgan fingerprint density at radius 3 is 3.08 bits per heavy atom. The third-order valence-corrected chi connectivity index (χ3v) is 5.02. The number of likely N-dealkylation sites (N-methyl/N-ethyl adjacent to an activating group) is 1. The lowest BCUT2D eigenvalue weighted by Crippen LogP contribution is -2.39. The molecule has 2 aromatic rings. The minimum absolute atomic E-state index is 0.0858. The van der Waals surface area contributed by atoms with Crippen molar-refractivity contribution < 1.29 is 4.79 Å². The lowest BCUT2D eigenvalue weighted by molar-refractivity contribution is -0.129. The van der Waals surface area contributed by atoms with Crippen molar-refractivity contribution >= 4 is 28.3 Å². The molecule has 128 valence electrons. The maximum absolute atomic E-state index is 12.1. The fourth-order valence-electron chi connectivity index (χ4n) is 3.68. The Kier molecular flexibility index (Phi) is 4.58. The summed E-state index contributed by atoms with van der Waals surface area (Å²) in [6, 6.07) is 3.97. The molecule has 0 bridgehead atoms. The highest BCUT2D eigenvalue weighted by molar-refractivity contribution is 5.97. The molecule has 0 radical (unpaired) electrons. The Balaban J connectivity index is 1.96. The molecule has 0 saturated carbocycles. The molecule has 1 aliphatic rings. The van der Waals surface area contributed by atoms with E-state index in [1.54, 1.807) is 11.1 Å². The number of fused-ring (bicyclic) bond motifs is 1. The van der Waals surface area contributed by atoms with E-state index in [0.29, 0.717) is 24.7 Å². The third-order valence-electron chi connectivity index (χ3n) is 5.02. The number of hydrogen-bond acceptors (Lipinski definition) is 4. The van der Waals surface area contributed by atoms with Crippen molar-refractivity contribution in [3.05, 3.63) is 29.9 Å². The van der Waals surface area contributed by atoms with Crippen LogP contribution in [0.3, 0.4) is 0 Å². The minimum Gasteiger partial charge on any atom is -0.378 e. The highest BCUT2D eigenvalue weighted by Crippen LogP contribution is 2.38. The third kappa shape index (κ3) is 2.89. The zero-order chi connectivity index (χ0) is 18.0. The highest BCUT2D eigenvalue weighted by atomic mass is 16.2. The monoisotopic (exact) mass is 336 g/mol. The van der Waals surface area contributed by atoms with Crippen molar-refractivity contribution in [1.82, 2.24) is 14.9 Å². The Morgan fingerprint density at radius 2 is 2.40 bits per heavy atom. The predicted molar refractivity (Wildman–Crippen MR) is 95.1 cm³/mol. The van der Waals surface area contributed by atoms with Crippen LogP contribution in [0.15, 0.2) is 18.5 Å². The summed E-state index contributed by atoms with van der Waals surface area (Å²) < 4.78 is 0. The van der Waals surface area contributed by atoms with Gasteiger partial charge in [-0.15, -0.1) is 0 Å². The molecule has 0 aromatic carbocycles. The second-order valence-electron chi connectivity index (χ2n) is 6.32. The van der Waals surface area contributed by atoms with Crippen molar-refractivity contribution in [2.75, 3.05) is 25.0 Å². The van der Waals surface area contributed by atoms with Gasteiger partial charge in [0.05, 0.1) is 18.3 Å². The fraction of sp³-hybridized carbons (Fsp3) is 0.444. The number of carbonyl (C=O) groups excluding carboxylic acids is 1. The van der Waals surface area contributed by atoms with Crippen LogP contribution in [0.4, 0.5) is 11.4 Å². The second kappa shape index (κ2) is 6.82. The van der Waals surface area contributed by atoms with E-state index in [0.717, 1.165) is 23.1 Å². The SMILES string of the molecule is [C-]#[N+]c1cnc2[nH]ccc2c1N(C)C1CN(C(=O)CC#N)C[C@H]1CC. The lowest BCUT2D eigenvalue weighted by atomic mass is 9.99. The quantitative estimate of drug-likeness (QED) is 0.871. The van der Waals surface area contributed by atoms with E-state index >= 15 is 0 Å². The van der Waals surface area contributed by atoms with Gasteiger partial charge in [-0.3, -0.25) is 9.78 Å². The summed E-state index contributed by atoms with van der Waals surface area (Å²) >= 11 is 0. The number of anilines is 1. The zero-order valence-corrected chi connectivity index (χ0v) is 14.4. The van der Waals surface area contributed by atoms with Crippen molar-refractivity contribution in [3.8, 4) is 6.07 Å². The number of carbonyl (C=O) groups is 1.